The van der Waals surface area contributed by atoms with Crippen molar-refractivity contribution in [3.05, 3.63) is 93.0 Å². The third-order valence-electron chi connectivity index (χ3n) is 12.3. The zero-order valence-electron chi connectivity index (χ0n) is 35.1. The number of nitrogens with zero attached hydrogens (tertiary/aromatic N) is 8. The van der Waals surface area contributed by atoms with Gasteiger partial charge < -0.3 is 45.9 Å². The first-order valence-corrected chi connectivity index (χ1v) is 21.5. The maximum absolute atomic E-state index is 13.5. The highest BCUT2D eigenvalue weighted by atomic mass is 19.1. The van der Waals surface area contributed by atoms with Crippen molar-refractivity contribution in [1.29, 1.82) is 0 Å². The monoisotopic (exact) mass is 881 g/mol. The van der Waals surface area contributed by atoms with E-state index in [-0.39, 0.29) is 57.8 Å². The number of nitrogens with one attached hydrogen (secondary N) is 5. The molecular weight excluding hydrogens is 833 g/mol. The summed E-state index contributed by atoms with van der Waals surface area (Å²) in [6, 6.07) is 9.02. The number of fused-ring (bicyclic) bond motifs is 2. The quantitative estimate of drug-likeness (QED) is 0.0802. The molecule has 10 rings (SSSR count). The number of ketones is 1. The fraction of sp³-hybridized carbons (Fsp3) is 0.442. The summed E-state index contributed by atoms with van der Waals surface area (Å²) in [5.74, 6) is 1.63. The van der Waals surface area contributed by atoms with Gasteiger partial charge in [0.2, 0.25) is 0 Å². The van der Waals surface area contributed by atoms with E-state index >= 15 is 0 Å². The molecular formula is C43H49F2N13O6. The summed E-state index contributed by atoms with van der Waals surface area (Å²) < 4.78 is 32.8. The van der Waals surface area contributed by atoms with E-state index in [0.29, 0.717) is 78.7 Å². The zero-order chi connectivity index (χ0) is 44.8. The zero-order valence-corrected chi connectivity index (χ0v) is 35.1. The summed E-state index contributed by atoms with van der Waals surface area (Å²) in [4.78, 5) is 60.4. The Labute approximate surface area is 363 Å². The summed E-state index contributed by atoms with van der Waals surface area (Å²) in [6.45, 7) is 0. The molecule has 4 aliphatic carbocycles. The third kappa shape index (κ3) is 8.64. The van der Waals surface area contributed by atoms with Gasteiger partial charge in [-0.05, 0) is 68.7 Å². The molecule has 0 radical (unpaired) electrons. The Morgan fingerprint density at radius 3 is 1.69 bits per heavy atom. The van der Waals surface area contributed by atoms with Gasteiger partial charge in [-0.1, -0.05) is 0 Å². The summed E-state index contributed by atoms with van der Waals surface area (Å²) in [5, 5.41) is 43.0. The average Bonchev–Trinajstić information content (AvgIpc) is 3.79. The maximum Gasteiger partial charge on any atom is 0.274 e. The second-order valence-electron chi connectivity index (χ2n) is 16.9. The van der Waals surface area contributed by atoms with Crippen molar-refractivity contribution in [3.63, 3.8) is 0 Å². The smallest absolute Gasteiger partial charge is 0.274 e. The maximum atomic E-state index is 13.5. The predicted molar refractivity (Wildman–Crippen MR) is 234 cm³/mol. The number of rotatable bonds is 13. The molecule has 21 heteroatoms. The van der Waals surface area contributed by atoms with Gasteiger partial charge in [-0.3, -0.25) is 19.2 Å². The van der Waals surface area contributed by atoms with Crippen molar-refractivity contribution in [2.75, 3.05) is 35.4 Å². The van der Waals surface area contributed by atoms with Crippen LogP contribution < -0.4 is 37.7 Å². The second-order valence-corrected chi connectivity index (χ2v) is 16.9. The first-order valence-electron chi connectivity index (χ1n) is 21.5. The van der Waals surface area contributed by atoms with E-state index in [2.05, 4.69) is 46.7 Å². The summed E-state index contributed by atoms with van der Waals surface area (Å²) in [7, 11) is 3.44. The van der Waals surface area contributed by atoms with Crippen molar-refractivity contribution in [3.8, 4) is 0 Å². The SMILES string of the molecule is CNc1cc(Nc2cccn([C@@H]3C[C@H]3F)c2=O)nc2c(C(=O)C[C@@H]3CC[C@H](O)C3)cnn12.CNc1cc(Nc2cccn([C@@H]3C[C@H]3F)c2=O)nc2c(C(=O)N[C@H]3CC[C@@H](O)C3)cnn12. The standard InChI is InChI=1S/C22H25FN6O3.C21H24FN7O3/c1-24-20-10-19(26-16-3-2-6-28(22(16)32)17-9-15(17)23)27-21-14(11-25-29(20)21)18(31)8-12-4-5-13(30)7-12;1-23-18-9-17(26-15-3-2-6-28(21(15)32)16-8-14(16)22)27-19-13(10-24-29(18)19)20(31)25-11-4-5-12(30)7-11/h2-3,6,10-13,15,17,24,30H,4-5,7-9H2,1H3,(H,26,27);2-3,6,9-12,14,16,23,30H,4-5,7-8H2,1H3,(H,25,31)(H,26,27)/t12-,13+,15-,17-;11-,12+,14+,16+/m10/s1. The highest BCUT2D eigenvalue weighted by molar-refractivity contribution is 6.02. The lowest BCUT2D eigenvalue weighted by Crippen LogP contribution is -2.33. The van der Waals surface area contributed by atoms with Gasteiger partial charge in [-0.2, -0.15) is 19.2 Å². The first-order chi connectivity index (χ1) is 30.9. The van der Waals surface area contributed by atoms with Crippen molar-refractivity contribution < 1.29 is 28.6 Å². The number of hydrogen-bond donors (Lipinski definition) is 7. The number of carbonyl (C=O) groups is 2. The van der Waals surface area contributed by atoms with Crippen molar-refractivity contribution in [2.45, 2.75) is 100 Å². The van der Waals surface area contributed by atoms with Crippen LogP contribution in [-0.4, -0.2) is 105 Å². The Morgan fingerprint density at radius 1 is 0.719 bits per heavy atom. The molecule has 0 unspecified atom stereocenters. The Hall–Kier alpha value is -6.74. The summed E-state index contributed by atoms with van der Waals surface area (Å²) >= 11 is 0. The van der Waals surface area contributed by atoms with Crippen molar-refractivity contribution in [1.82, 2.24) is 43.6 Å². The number of halogens is 2. The minimum absolute atomic E-state index is 0.0735. The molecule has 0 spiro atoms. The molecule has 6 heterocycles. The fourth-order valence-corrected chi connectivity index (χ4v) is 8.61. The number of alkyl halides is 2. The molecule has 336 valence electrons. The minimum atomic E-state index is -0.998. The Bertz CT molecular complexity index is 2670. The normalized spacial score (nSPS) is 24.5. The van der Waals surface area contributed by atoms with Crippen LogP contribution in [-0.2, 0) is 0 Å². The lowest BCUT2D eigenvalue weighted by Gasteiger charge is -2.13. The molecule has 64 heavy (non-hydrogen) atoms. The number of aromatic nitrogens is 8. The number of hydrogen-bond acceptors (Lipinski definition) is 14. The Kier molecular flexibility index (Phi) is 11.6. The molecule has 6 aromatic rings. The number of aliphatic hydroxyl groups is 2. The van der Waals surface area contributed by atoms with E-state index in [0.717, 1.165) is 19.3 Å². The highest BCUT2D eigenvalue weighted by Crippen LogP contribution is 2.39. The predicted octanol–water partition coefficient (Wildman–Crippen LogP) is 4.30. The van der Waals surface area contributed by atoms with Crippen LogP contribution >= 0.6 is 0 Å². The molecule has 0 saturated heterocycles. The van der Waals surface area contributed by atoms with E-state index in [1.54, 1.807) is 67.4 Å². The number of carbonyl (C=O) groups excluding carboxylic acids is 2. The molecule has 4 aliphatic rings. The Morgan fingerprint density at radius 2 is 1.22 bits per heavy atom. The first kappa shape index (κ1) is 42.6. The van der Waals surface area contributed by atoms with Crippen LogP contribution in [0.25, 0.3) is 11.3 Å². The van der Waals surface area contributed by atoms with Crippen LogP contribution in [0.15, 0.2) is 70.8 Å². The van der Waals surface area contributed by atoms with Gasteiger partial charge in [0.15, 0.2) is 17.1 Å². The van der Waals surface area contributed by atoms with Crippen LogP contribution in [0, 0.1) is 5.92 Å². The van der Waals surface area contributed by atoms with Crippen molar-refractivity contribution in [2.24, 2.45) is 5.92 Å². The molecule has 0 aromatic carbocycles. The Balaban J connectivity index is 0.000000162. The number of amides is 1. The van der Waals surface area contributed by atoms with Gasteiger partial charge in [-0.15, -0.1) is 0 Å². The number of pyridine rings is 2. The number of Topliss-reactive ketones (excluding diaryl/α,β-unsaturated/α-hetero) is 1. The van der Waals surface area contributed by atoms with Crippen LogP contribution in [0.3, 0.4) is 0 Å². The van der Waals surface area contributed by atoms with Gasteiger partial charge in [0.05, 0.1) is 42.2 Å². The molecule has 1 amide bonds. The lowest BCUT2D eigenvalue weighted by molar-refractivity contribution is 0.0932. The minimum Gasteiger partial charge on any atom is -0.393 e. The topological polar surface area (TPSA) is 239 Å². The van der Waals surface area contributed by atoms with E-state index in [9.17, 15) is 38.2 Å². The molecule has 4 saturated carbocycles. The van der Waals surface area contributed by atoms with Crippen LogP contribution in [0.5, 0.6) is 0 Å². The molecule has 8 atom stereocenters. The summed E-state index contributed by atoms with van der Waals surface area (Å²) in [5.41, 5.74) is 1.26. The molecule has 0 aliphatic heterocycles. The fourth-order valence-electron chi connectivity index (χ4n) is 8.61. The van der Waals surface area contributed by atoms with Gasteiger partial charge in [0.25, 0.3) is 17.0 Å². The number of anilines is 6. The van der Waals surface area contributed by atoms with Gasteiger partial charge in [-0.25, -0.2) is 18.7 Å². The molecule has 0 bridgehead atoms. The van der Waals surface area contributed by atoms with Gasteiger partial charge in [0.1, 0.15) is 52.6 Å². The molecule has 19 nitrogen and oxygen atoms in total. The molecule has 6 aromatic heterocycles. The molecule has 7 N–H and O–H groups in total. The average molecular weight is 882 g/mol. The largest absolute Gasteiger partial charge is 0.393 e. The number of aliphatic hydroxyl groups excluding tert-OH is 2. The second kappa shape index (κ2) is 17.4. The summed E-state index contributed by atoms with van der Waals surface area (Å²) in [6.07, 6.45) is 8.49. The third-order valence-corrected chi connectivity index (χ3v) is 12.3. The van der Waals surface area contributed by atoms with E-state index < -0.39 is 30.5 Å². The van der Waals surface area contributed by atoms with Gasteiger partial charge in [0, 0.05) is 63.9 Å². The van der Waals surface area contributed by atoms with Crippen LogP contribution in [0.1, 0.15) is 90.6 Å². The molecule has 4 fully saturated rings. The van der Waals surface area contributed by atoms with E-state index in [1.165, 1.54) is 26.0 Å². The lowest BCUT2D eigenvalue weighted by atomic mass is 9.98. The van der Waals surface area contributed by atoms with E-state index in [1.807, 2.05) is 0 Å². The van der Waals surface area contributed by atoms with Crippen LogP contribution in [0.2, 0.25) is 0 Å². The van der Waals surface area contributed by atoms with E-state index in [4.69, 9.17) is 0 Å². The van der Waals surface area contributed by atoms with Gasteiger partial charge >= 0.3 is 0 Å². The van der Waals surface area contributed by atoms with Crippen LogP contribution in [0.4, 0.5) is 43.4 Å². The highest BCUT2D eigenvalue weighted by Gasteiger charge is 2.41. The van der Waals surface area contributed by atoms with Crippen molar-refractivity contribution >= 4 is 57.6 Å².